The Morgan fingerprint density at radius 1 is 1.35 bits per heavy atom. The second kappa shape index (κ2) is 6.53. The quantitative estimate of drug-likeness (QED) is 0.900. The highest BCUT2D eigenvalue weighted by molar-refractivity contribution is 5.40. The summed E-state index contributed by atoms with van der Waals surface area (Å²) in [6.07, 6.45) is 0.994. The largest absolute Gasteiger partial charge is 0.439 e. The Balaban J connectivity index is 2.13. The first-order valence-corrected chi connectivity index (χ1v) is 6.31. The lowest BCUT2D eigenvalue weighted by molar-refractivity contribution is 0.458. The summed E-state index contributed by atoms with van der Waals surface area (Å²) in [4.78, 5) is 4.26. The highest BCUT2D eigenvalue weighted by Crippen LogP contribution is 2.22. The number of pyridine rings is 1. The fraction of sp³-hybridized carbons (Fsp3) is 0.200. The Morgan fingerprint density at radius 2 is 2.20 bits per heavy atom. The van der Waals surface area contributed by atoms with Crippen molar-refractivity contribution < 1.29 is 9.13 Å². The summed E-state index contributed by atoms with van der Waals surface area (Å²) < 4.78 is 18.9. The Labute approximate surface area is 116 Å². The van der Waals surface area contributed by atoms with Gasteiger partial charge in [0.2, 0.25) is 5.88 Å². The molecule has 2 rings (SSSR count). The van der Waals surface area contributed by atoms with E-state index in [1.165, 1.54) is 18.2 Å². The first-order valence-electron chi connectivity index (χ1n) is 6.31. The molecule has 5 heteroatoms. The molecule has 2 aromatic rings. The van der Waals surface area contributed by atoms with E-state index in [2.05, 4.69) is 17.2 Å². The molecule has 0 radical (unpaired) electrons. The standard InChI is InChI=1S/C15H14FN3O/c1-2-8-18-14-4-3-5-15(19-14)20-12-7-6-11(10-17)13(16)9-12/h3-7,9H,2,8H2,1H3,(H,18,19). The van der Waals surface area contributed by atoms with Crippen LogP contribution in [-0.2, 0) is 0 Å². The minimum atomic E-state index is -0.606. The topological polar surface area (TPSA) is 57.9 Å². The Bertz CT molecular complexity index is 637. The van der Waals surface area contributed by atoms with Gasteiger partial charge in [-0.2, -0.15) is 10.2 Å². The van der Waals surface area contributed by atoms with Crippen LogP contribution in [0.5, 0.6) is 11.6 Å². The molecule has 0 aliphatic heterocycles. The third kappa shape index (κ3) is 3.45. The zero-order valence-corrected chi connectivity index (χ0v) is 11.1. The SMILES string of the molecule is CCCNc1cccc(Oc2ccc(C#N)c(F)c2)n1. The van der Waals surface area contributed by atoms with Crippen LogP contribution in [0, 0.1) is 17.1 Å². The van der Waals surface area contributed by atoms with Crippen LogP contribution < -0.4 is 10.1 Å². The molecular formula is C15H14FN3O. The Kier molecular flexibility index (Phi) is 4.51. The van der Waals surface area contributed by atoms with Crippen molar-refractivity contribution in [3.05, 3.63) is 47.8 Å². The summed E-state index contributed by atoms with van der Waals surface area (Å²) in [5.41, 5.74) is -0.0105. The van der Waals surface area contributed by atoms with Gasteiger partial charge in [-0.25, -0.2) is 4.39 Å². The van der Waals surface area contributed by atoms with Crippen molar-refractivity contribution in [2.24, 2.45) is 0 Å². The lowest BCUT2D eigenvalue weighted by atomic mass is 10.2. The monoisotopic (exact) mass is 271 g/mol. The fourth-order valence-electron chi connectivity index (χ4n) is 1.59. The third-order valence-corrected chi connectivity index (χ3v) is 2.56. The molecule has 0 fully saturated rings. The summed E-state index contributed by atoms with van der Waals surface area (Å²) in [6, 6.07) is 11.2. The van der Waals surface area contributed by atoms with Gasteiger partial charge in [0, 0.05) is 18.7 Å². The molecule has 0 unspecified atom stereocenters. The molecule has 102 valence electrons. The van der Waals surface area contributed by atoms with Crippen molar-refractivity contribution in [1.29, 1.82) is 5.26 Å². The van der Waals surface area contributed by atoms with Gasteiger partial charge in [-0.3, -0.25) is 0 Å². The van der Waals surface area contributed by atoms with Crippen LogP contribution >= 0.6 is 0 Å². The smallest absolute Gasteiger partial charge is 0.221 e. The Hall–Kier alpha value is -2.61. The van der Waals surface area contributed by atoms with Crippen molar-refractivity contribution >= 4 is 5.82 Å². The molecule has 4 nitrogen and oxygen atoms in total. The number of aromatic nitrogens is 1. The van der Waals surface area contributed by atoms with Crippen molar-refractivity contribution in [3.8, 4) is 17.7 Å². The first-order chi connectivity index (χ1) is 9.72. The molecule has 1 heterocycles. The summed E-state index contributed by atoms with van der Waals surface area (Å²) >= 11 is 0. The highest BCUT2D eigenvalue weighted by atomic mass is 19.1. The molecule has 0 aliphatic rings. The van der Waals surface area contributed by atoms with Gasteiger partial charge in [0.05, 0.1) is 5.56 Å². The van der Waals surface area contributed by atoms with Crippen LogP contribution in [0.1, 0.15) is 18.9 Å². The number of halogens is 1. The van der Waals surface area contributed by atoms with Gasteiger partial charge >= 0.3 is 0 Å². The lowest BCUT2D eigenvalue weighted by Gasteiger charge is -2.08. The van der Waals surface area contributed by atoms with Crippen LogP contribution in [0.25, 0.3) is 0 Å². The molecule has 1 aromatic carbocycles. The molecule has 0 amide bonds. The van der Waals surface area contributed by atoms with Gasteiger partial charge in [0.15, 0.2) is 0 Å². The number of ether oxygens (including phenoxy) is 1. The number of hydrogen-bond donors (Lipinski definition) is 1. The minimum Gasteiger partial charge on any atom is -0.439 e. The number of rotatable bonds is 5. The van der Waals surface area contributed by atoms with E-state index in [-0.39, 0.29) is 5.56 Å². The number of nitriles is 1. The first kappa shape index (κ1) is 13.8. The number of nitrogens with one attached hydrogen (secondary N) is 1. The zero-order chi connectivity index (χ0) is 14.4. The van der Waals surface area contributed by atoms with Gasteiger partial charge < -0.3 is 10.1 Å². The fourth-order valence-corrected chi connectivity index (χ4v) is 1.59. The van der Waals surface area contributed by atoms with E-state index in [4.69, 9.17) is 10.00 Å². The molecule has 0 aliphatic carbocycles. The third-order valence-electron chi connectivity index (χ3n) is 2.56. The van der Waals surface area contributed by atoms with E-state index >= 15 is 0 Å². The van der Waals surface area contributed by atoms with E-state index in [0.717, 1.165) is 13.0 Å². The van der Waals surface area contributed by atoms with Gasteiger partial charge in [0.25, 0.3) is 0 Å². The summed E-state index contributed by atoms with van der Waals surface area (Å²) in [7, 11) is 0. The number of hydrogen-bond acceptors (Lipinski definition) is 4. The summed E-state index contributed by atoms with van der Waals surface area (Å²) in [5, 5.41) is 11.8. The van der Waals surface area contributed by atoms with Crippen molar-refractivity contribution in [3.63, 3.8) is 0 Å². The average molecular weight is 271 g/mol. The molecule has 1 aromatic heterocycles. The molecule has 1 N–H and O–H groups in total. The predicted molar refractivity (Wildman–Crippen MR) is 74.2 cm³/mol. The van der Waals surface area contributed by atoms with E-state index < -0.39 is 5.82 Å². The summed E-state index contributed by atoms with van der Waals surface area (Å²) in [6.45, 7) is 2.88. The Morgan fingerprint density at radius 3 is 2.90 bits per heavy atom. The lowest BCUT2D eigenvalue weighted by Crippen LogP contribution is -2.02. The van der Waals surface area contributed by atoms with Crippen molar-refractivity contribution in [2.45, 2.75) is 13.3 Å². The number of anilines is 1. The zero-order valence-electron chi connectivity index (χ0n) is 11.1. The van der Waals surface area contributed by atoms with Crippen molar-refractivity contribution in [1.82, 2.24) is 4.98 Å². The second-order valence-corrected chi connectivity index (χ2v) is 4.14. The molecule has 20 heavy (non-hydrogen) atoms. The van der Waals surface area contributed by atoms with Crippen molar-refractivity contribution in [2.75, 3.05) is 11.9 Å². The average Bonchev–Trinajstić information content (AvgIpc) is 2.46. The maximum Gasteiger partial charge on any atom is 0.221 e. The van der Waals surface area contributed by atoms with Crippen LogP contribution in [-0.4, -0.2) is 11.5 Å². The highest BCUT2D eigenvalue weighted by Gasteiger charge is 2.05. The van der Waals surface area contributed by atoms with Gasteiger partial charge in [-0.1, -0.05) is 13.0 Å². The number of benzene rings is 1. The molecule has 0 bridgehead atoms. The van der Waals surface area contributed by atoms with E-state index in [0.29, 0.717) is 17.4 Å². The summed E-state index contributed by atoms with van der Waals surface area (Å²) in [5.74, 6) is 0.778. The van der Waals surface area contributed by atoms with Gasteiger partial charge in [0.1, 0.15) is 23.5 Å². The van der Waals surface area contributed by atoms with Gasteiger partial charge in [-0.15, -0.1) is 0 Å². The van der Waals surface area contributed by atoms with E-state index in [1.807, 2.05) is 6.07 Å². The molecule has 0 saturated carbocycles. The van der Waals surface area contributed by atoms with E-state index in [9.17, 15) is 4.39 Å². The molecular weight excluding hydrogens is 257 g/mol. The minimum absolute atomic E-state index is 0.0105. The van der Waals surface area contributed by atoms with E-state index in [1.54, 1.807) is 18.2 Å². The molecule has 0 spiro atoms. The molecule has 0 atom stereocenters. The van der Waals surface area contributed by atoms with Crippen LogP contribution in [0.4, 0.5) is 10.2 Å². The number of nitrogens with zero attached hydrogens (tertiary/aromatic N) is 2. The maximum atomic E-state index is 13.5. The van der Waals surface area contributed by atoms with Crippen LogP contribution in [0.2, 0.25) is 0 Å². The normalized spacial score (nSPS) is 9.85. The second-order valence-electron chi connectivity index (χ2n) is 4.14. The van der Waals surface area contributed by atoms with Gasteiger partial charge in [-0.05, 0) is 24.6 Å². The van der Waals surface area contributed by atoms with Crippen LogP contribution in [0.3, 0.4) is 0 Å². The predicted octanol–water partition coefficient (Wildman–Crippen LogP) is 3.71. The van der Waals surface area contributed by atoms with Crippen LogP contribution in [0.15, 0.2) is 36.4 Å². The maximum absolute atomic E-state index is 13.5. The molecule has 0 saturated heterocycles.